The molecule has 0 atom stereocenters. The molecule has 1 aromatic rings. The standard InChI is InChI=1S/C12H18BrNO3S/c1-2-10-9-11(13)5-6-12(10)14-18(16,17)8-4-3-7-15/h5-6,9,14-15H,2-4,7-8H2,1H3. The van der Waals surface area contributed by atoms with Gasteiger partial charge in [-0.3, -0.25) is 4.72 Å². The van der Waals surface area contributed by atoms with E-state index in [1.54, 1.807) is 6.07 Å². The largest absolute Gasteiger partial charge is 0.396 e. The molecule has 6 heteroatoms. The molecule has 0 heterocycles. The van der Waals surface area contributed by atoms with Gasteiger partial charge in [0, 0.05) is 11.1 Å². The first kappa shape index (κ1) is 15.5. The Bertz CT molecular complexity index is 488. The Kier molecular flexibility index (Phi) is 6.11. The highest BCUT2D eigenvalue weighted by atomic mass is 79.9. The van der Waals surface area contributed by atoms with Crippen molar-refractivity contribution in [2.45, 2.75) is 26.2 Å². The third kappa shape index (κ3) is 4.96. The van der Waals surface area contributed by atoms with Crippen molar-refractivity contribution in [2.24, 2.45) is 0 Å². The van der Waals surface area contributed by atoms with Crippen molar-refractivity contribution < 1.29 is 13.5 Å². The summed E-state index contributed by atoms with van der Waals surface area (Å²) in [6.45, 7) is 2.00. The molecule has 0 unspecified atom stereocenters. The molecule has 0 saturated heterocycles. The molecular formula is C12H18BrNO3S. The highest BCUT2D eigenvalue weighted by Crippen LogP contribution is 2.22. The van der Waals surface area contributed by atoms with Crippen molar-refractivity contribution >= 4 is 31.6 Å². The van der Waals surface area contributed by atoms with Crippen LogP contribution in [0.4, 0.5) is 5.69 Å². The van der Waals surface area contributed by atoms with E-state index in [4.69, 9.17) is 5.11 Å². The lowest BCUT2D eigenvalue weighted by Gasteiger charge is -2.12. The van der Waals surface area contributed by atoms with Crippen LogP contribution >= 0.6 is 15.9 Å². The first-order valence-electron chi connectivity index (χ1n) is 5.88. The summed E-state index contributed by atoms with van der Waals surface area (Å²) in [6.07, 6.45) is 1.72. The number of rotatable bonds is 7. The third-order valence-electron chi connectivity index (χ3n) is 2.53. The van der Waals surface area contributed by atoms with Crippen LogP contribution in [0.25, 0.3) is 0 Å². The average molecular weight is 336 g/mol. The summed E-state index contributed by atoms with van der Waals surface area (Å²) in [4.78, 5) is 0. The number of aliphatic hydroxyl groups is 1. The highest BCUT2D eigenvalue weighted by Gasteiger charge is 2.12. The fourth-order valence-corrected chi connectivity index (χ4v) is 3.21. The van der Waals surface area contributed by atoms with Gasteiger partial charge >= 0.3 is 0 Å². The zero-order valence-corrected chi connectivity index (χ0v) is 12.7. The van der Waals surface area contributed by atoms with E-state index in [0.717, 1.165) is 16.5 Å². The van der Waals surface area contributed by atoms with Gasteiger partial charge < -0.3 is 5.11 Å². The van der Waals surface area contributed by atoms with Gasteiger partial charge in [-0.05, 0) is 43.0 Å². The van der Waals surface area contributed by atoms with Crippen LogP contribution in [-0.2, 0) is 16.4 Å². The van der Waals surface area contributed by atoms with Gasteiger partial charge in [0.25, 0.3) is 0 Å². The number of hydrogen-bond donors (Lipinski definition) is 2. The quantitative estimate of drug-likeness (QED) is 0.752. The predicted octanol–water partition coefficient (Wildman–Crippen LogP) is 2.53. The van der Waals surface area contributed by atoms with Gasteiger partial charge in [0.2, 0.25) is 10.0 Å². The maximum absolute atomic E-state index is 11.8. The van der Waals surface area contributed by atoms with Crippen LogP contribution in [-0.4, -0.2) is 25.9 Å². The van der Waals surface area contributed by atoms with Crippen molar-refractivity contribution in [2.75, 3.05) is 17.1 Å². The molecule has 102 valence electrons. The minimum atomic E-state index is -3.33. The fraction of sp³-hybridized carbons (Fsp3) is 0.500. The predicted molar refractivity (Wildman–Crippen MR) is 77.2 cm³/mol. The lowest BCUT2D eigenvalue weighted by Crippen LogP contribution is -2.17. The maximum Gasteiger partial charge on any atom is 0.232 e. The van der Waals surface area contributed by atoms with Crippen LogP contribution in [0.2, 0.25) is 0 Å². The number of benzene rings is 1. The lowest BCUT2D eigenvalue weighted by atomic mass is 10.1. The van der Waals surface area contributed by atoms with Gasteiger partial charge in [-0.15, -0.1) is 0 Å². The number of aryl methyl sites for hydroxylation is 1. The zero-order valence-electron chi connectivity index (χ0n) is 10.3. The number of hydrogen-bond acceptors (Lipinski definition) is 3. The molecule has 0 amide bonds. The number of halogens is 1. The van der Waals surface area contributed by atoms with Crippen LogP contribution < -0.4 is 4.72 Å². The Morgan fingerprint density at radius 3 is 2.67 bits per heavy atom. The minimum Gasteiger partial charge on any atom is -0.396 e. The van der Waals surface area contributed by atoms with E-state index in [1.165, 1.54) is 0 Å². The van der Waals surface area contributed by atoms with E-state index in [1.807, 2.05) is 19.1 Å². The van der Waals surface area contributed by atoms with Crippen molar-refractivity contribution in [3.63, 3.8) is 0 Å². The highest BCUT2D eigenvalue weighted by molar-refractivity contribution is 9.10. The number of sulfonamides is 1. The van der Waals surface area contributed by atoms with Crippen LogP contribution in [0, 0.1) is 0 Å². The zero-order chi connectivity index (χ0) is 13.6. The number of nitrogens with one attached hydrogen (secondary N) is 1. The monoisotopic (exact) mass is 335 g/mol. The summed E-state index contributed by atoms with van der Waals surface area (Å²) in [7, 11) is -3.33. The molecule has 4 nitrogen and oxygen atoms in total. The second-order valence-electron chi connectivity index (χ2n) is 4.01. The minimum absolute atomic E-state index is 0.0218. The van der Waals surface area contributed by atoms with Crippen molar-refractivity contribution in [1.82, 2.24) is 0 Å². The fourth-order valence-electron chi connectivity index (χ4n) is 1.58. The number of aliphatic hydroxyl groups excluding tert-OH is 1. The van der Waals surface area contributed by atoms with Crippen molar-refractivity contribution in [3.05, 3.63) is 28.2 Å². The maximum atomic E-state index is 11.8. The molecule has 0 bridgehead atoms. The Hall–Kier alpha value is -0.590. The molecule has 0 aromatic heterocycles. The number of unbranched alkanes of at least 4 members (excludes halogenated alkanes) is 1. The van der Waals surface area contributed by atoms with E-state index in [-0.39, 0.29) is 12.4 Å². The van der Waals surface area contributed by atoms with Gasteiger partial charge in [-0.25, -0.2) is 8.42 Å². The van der Waals surface area contributed by atoms with Gasteiger partial charge in [0.05, 0.1) is 11.4 Å². The Labute approximate surface area is 117 Å². The first-order valence-corrected chi connectivity index (χ1v) is 8.33. The molecule has 2 N–H and O–H groups in total. The van der Waals surface area contributed by atoms with E-state index in [0.29, 0.717) is 18.5 Å². The van der Waals surface area contributed by atoms with Crippen molar-refractivity contribution in [1.29, 1.82) is 0 Å². The second-order valence-corrected chi connectivity index (χ2v) is 6.76. The molecule has 0 radical (unpaired) electrons. The van der Waals surface area contributed by atoms with Gasteiger partial charge in [0.1, 0.15) is 0 Å². The molecule has 18 heavy (non-hydrogen) atoms. The Balaban J connectivity index is 2.77. The summed E-state index contributed by atoms with van der Waals surface area (Å²) in [5.41, 5.74) is 1.58. The molecule has 0 fully saturated rings. The van der Waals surface area contributed by atoms with Gasteiger partial charge in [0.15, 0.2) is 0 Å². The number of anilines is 1. The van der Waals surface area contributed by atoms with Crippen molar-refractivity contribution in [3.8, 4) is 0 Å². The summed E-state index contributed by atoms with van der Waals surface area (Å²) < 4.78 is 27.2. The topological polar surface area (TPSA) is 66.4 Å². The van der Waals surface area contributed by atoms with Crippen LogP contribution in [0.5, 0.6) is 0 Å². The SMILES string of the molecule is CCc1cc(Br)ccc1NS(=O)(=O)CCCCO. The molecule has 0 aliphatic carbocycles. The summed E-state index contributed by atoms with van der Waals surface area (Å²) in [6, 6.07) is 5.48. The summed E-state index contributed by atoms with van der Waals surface area (Å²) >= 11 is 3.36. The first-order chi connectivity index (χ1) is 8.48. The molecule has 0 aliphatic rings. The van der Waals surface area contributed by atoms with E-state index < -0.39 is 10.0 Å². The van der Waals surface area contributed by atoms with Crippen LogP contribution in [0.1, 0.15) is 25.3 Å². The lowest BCUT2D eigenvalue weighted by molar-refractivity contribution is 0.287. The molecule has 0 spiro atoms. The Morgan fingerprint density at radius 1 is 1.33 bits per heavy atom. The second kappa shape index (κ2) is 7.11. The smallest absolute Gasteiger partial charge is 0.232 e. The molecule has 0 aliphatic heterocycles. The summed E-state index contributed by atoms with van der Waals surface area (Å²) in [5, 5.41) is 8.65. The van der Waals surface area contributed by atoms with Crippen LogP contribution in [0.3, 0.4) is 0 Å². The van der Waals surface area contributed by atoms with Crippen LogP contribution in [0.15, 0.2) is 22.7 Å². The molecular weight excluding hydrogens is 318 g/mol. The van der Waals surface area contributed by atoms with E-state index >= 15 is 0 Å². The third-order valence-corrected chi connectivity index (χ3v) is 4.39. The van der Waals surface area contributed by atoms with Gasteiger partial charge in [-0.1, -0.05) is 22.9 Å². The van der Waals surface area contributed by atoms with E-state index in [9.17, 15) is 8.42 Å². The molecule has 1 aromatic carbocycles. The summed E-state index contributed by atoms with van der Waals surface area (Å²) in [5.74, 6) is 0.0345. The van der Waals surface area contributed by atoms with Gasteiger partial charge in [-0.2, -0.15) is 0 Å². The Morgan fingerprint density at radius 2 is 2.06 bits per heavy atom. The molecule has 0 saturated carbocycles. The van der Waals surface area contributed by atoms with E-state index in [2.05, 4.69) is 20.7 Å². The average Bonchev–Trinajstić information content (AvgIpc) is 2.31. The normalized spacial score (nSPS) is 11.5. The molecule has 1 rings (SSSR count).